The minimum Gasteiger partial charge on any atom is -0.381 e. The van der Waals surface area contributed by atoms with Crippen molar-refractivity contribution < 1.29 is 4.79 Å². The molecule has 0 radical (unpaired) electrons. The minimum atomic E-state index is -0.646. The molecule has 162 valence electrons. The molecule has 0 aliphatic heterocycles. The summed E-state index contributed by atoms with van der Waals surface area (Å²) < 4.78 is 3.32. The number of aromatic nitrogens is 3. The molecule has 1 aliphatic rings. The molecule has 8 nitrogen and oxygen atoms in total. The summed E-state index contributed by atoms with van der Waals surface area (Å²) in [6, 6.07) is 8.14. The topological polar surface area (TPSA) is 121 Å². The molecule has 1 aromatic carbocycles. The maximum absolute atomic E-state index is 12.5. The Morgan fingerprint density at radius 2 is 2.13 bits per heavy atom. The maximum Gasteiger partial charge on any atom is 0.260 e. The van der Waals surface area contributed by atoms with Crippen molar-refractivity contribution in [3.05, 3.63) is 63.6 Å². The highest BCUT2D eigenvalue weighted by molar-refractivity contribution is 6.35. The summed E-state index contributed by atoms with van der Waals surface area (Å²) >= 11 is 6.14. The number of anilines is 1. The van der Waals surface area contributed by atoms with Crippen LogP contribution in [0.15, 0.2) is 46.7 Å². The summed E-state index contributed by atoms with van der Waals surface area (Å²) in [5.74, 6) is -0.238. The number of hydrogen-bond acceptors (Lipinski definition) is 5. The number of benzene rings is 1. The number of pyridine rings is 1. The maximum atomic E-state index is 12.5. The molecule has 3 aromatic rings. The number of nitrogen functional groups attached to an aromatic ring is 1. The van der Waals surface area contributed by atoms with Gasteiger partial charge in [-0.3, -0.25) is 9.59 Å². The van der Waals surface area contributed by atoms with Gasteiger partial charge in [0.1, 0.15) is 5.56 Å². The van der Waals surface area contributed by atoms with E-state index in [1.54, 1.807) is 13.1 Å². The van der Waals surface area contributed by atoms with Gasteiger partial charge in [-0.25, -0.2) is 9.67 Å². The zero-order chi connectivity index (χ0) is 22.7. The van der Waals surface area contributed by atoms with E-state index >= 15 is 0 Å². The second kappa shape index (κ2) is 9.18. The molecule has 2 heterocycles. The standard InChI is InChI=1S/C14H14ClNO.C8H11N5O/c1-2-10-8-9-4-3-5-12(15)13(9)14(17)16(10)11-6-7-11;1-3-4-11-8-5(7(10)14)6(9)12-13(8)2/h3-5,8,11H,2,6-7H2,1H3;3-4H,1H2,2H3,(H2,9,12)(H2,10,14)/b;11-4-. The van der Waals surface area contributed by atoms with E-state index in [9.17, 15) is 9.59 Å². The summed E-state index contributed by atoms with van der Waals surface area (Å²) in [7, 11) is 1.62. The van der Waals surface area contributed by atoms with Crippen molar-refractivity contribution in [3.8, 4) is 0 Å². The Morgan fingerprint density at radius 1 is 1.42 bits per heavy atom. The number of primary amides is 1. The summed E-state index contributed by atoms with van der Waals surface area (Å²) in [6.45, 7) is 5.55. The Kier molecular flexibility index (Phi) is 6.60. The Morgan fingerprint density at radius 3 is 2.71 bits per heavy atom. The van der Waals surface area contributed by atoms with Crippen molar-refractivity contribution in [2.75, 3.05) is 5.73 Å². The molecule has 1 saturated carbocycles. The van der Waals surface area contributed by atoms with Crippen LogP contribution in [0, 0.1) is 0 Å². The Labute approximate surface area is 184 Å². The SMILES string of the molecule is C=C/C=N\c1c(C(N)=O)c(N)nn1C.CCc1cc2cccc(Cl)c2c(=O)n1C1CC1. The predicted octanol–water partition coefficient (Wildman–Crippen LogP) is 3.54. The van der Waals surface area contributed by atoms with Crippen LogP contribution in [0.5, 0.6) is 0 Å². The summed E-state index contributed by atoms with van der Waals surface area (Å²) in [6.07, 6.45) is 6.02. The van der Waals surface area contributed by atoms with E-state index in [1.807, 2.05) is 16.7 Å². The second-order valence-corrected chi connectivity index (χ2v) is 7.59. The van der Waals surface area contributed by atoms with E-state index in [2.05, 4.69) is 29.7 Å². The van der Waals surface area contributed by atoms with E-state index in [-0.39, 0.29) is 16.9 Å². The molecule has 31 heavy (non-hydrogen) atoms. The lowest BCUT2D eigenvalue weighted by Crippen LogP contribution is -2.22. The van der Waals surface area contributed by atoms with Crippen molar-refractivity contribution in [1.29, 1.82) is 0 Å². The van der Waals surface area contributed by atoms with E-state index in [0.29, 0.717) is 22.3 Å². The largest absolute Gasteiger partial charge is 0.381 e. The van der Waals surface area contributed by atoms with Crippen LogP contribution in [-0.2, 0) is 13.5 Å². The quantitative estimate of drug-likeness (QED) is 0.589. The fourth-order valence-electron chi connectivity index (χ4n) is 3.44. The van der Waals surface area contributed by atoms with E-state index in [4.69, 9.17) is 23.1 Å². The molecule has 2 aromatic heterocycles. The number of nitrogens with zero attached hydrogens (tertiary/aromatic N) is 4. The van der Waals surface area contributed by atoms with Gasteiger partial charge in [-0.15, -0.1) is 0 Å². The van der Waals surface area contributed by atoms with Gasteiger partial charge < -0.3 is 16.0 Å². The molecular formula is C22H25ClN6O2. The van der Waals surface area contributed by atoms with Crippen LogP contribution in [0.1, 0.15) is 41.9 Å². The minimum absolute atomic E-state index is 0.0763. The Bertz CT molecular complexity index is 1240. The molecule has 4 N–H and O–H groups in total. The van der Waals surface area contributed by atoms with Gasteiger partial charge in [0.2, 0.25) is 0 Å². The number of halogens is 1. The number of aryl methyl sites for hydroxylation is 2. The smallest absolute Gasteiger partial charge is 0.260 e. The van der Waals surface area contributed by atoms with Crippen LogP contribution in [-0.4, -0.2) is 26.5 Å². The molecule has 0 spiro atoms. The third-order valence-electron chi connectivity index (χ3n) is 4.98. The average Bonchev–Trinajstić information content (AvgIpc) is 3.50. The predicted molar refractivity (Wildman–Crippen MR) is 125 cm³/mol. The van der Waals surface area contributed by atoms with Gasteiger partial charge in [-0.2, -0.15) is 5.10 Å². The number of carbonyl (C=O) groups excluding carboxylic acids is 1. The highest BCUT2D eigenvalue weighted by Gasteiger charge is 2.27. The molecule has 4 rings (SSSR count). The highest BCUT2D eigenvalue weighted by atomic mass is 35.5. The van der Waals surface area contributed by atoms with Gasteiger partial charge in [0.15, 0.2) is 11.6 Å². The lowest BCUT2D eigenvalue weighted by Gasteiger charge is -2.12. The molecule has 0 unspecified atom stereocenters. The number of hydrogen-bond donors (Lipinski definition) is 2. The zero-order valence-electron chi connectivity index (χ0n) is 17.5. The average molecular weight is 441 g/mol. The number of allylic oxidation sites excluding steroid dienone is 1. The van der Waals surface area contributed by atoms with Crippen LogP contribution in [0.2, 0.25) is 5.02 Å². The summed E-state index contributed by atoms with van der Waals surface area (Å²) in [4.78, 5) is 27.4. The molecule has 9 heteroatoms. The van der Waals surface area contributed by atoms with Gasteiger partial charge in [-0.05, 0) is 36.8 Å². The third kappa shape index (κ3) is 4.54. The molecular weight excluding hydrogens is 416 g/mol. The Hall–Kier alpha value is -3.39. The molecule has 1 fully saturated rings. The first-order valence-corrected chi connectivity index (χ1v) is 10.3. The van der Waals surface area contributed by atoms with Crippen molar-refractivity contribution in [3.63, 3.8) is 0 Å². The third-order valence-corrected chi connectivity index (χ3v) is 5.29. The Balaban J connectivity index is 0.000000180. The first-order valence-electron chi connectivity index (χ1n) is 9.90. The lowest BCUT2D eigenvalue weighted by atomic mass is 10.1. The molecule has 1 aliphatic carbocycles. The second-order valence-electron chi connectivity index (χ2n) is 7.19. The van der Waals surface area contributed by atoms with Gasteiger partial charge in [0, 0.05) is 25.0 Å². The van der Waals surface area contributed by atoms with Gasteiger partial charge in [0.25, 0.3) is 11.5 Å². The first-order chi connectivity index (χ1) is 14.8. The number of amides is 1. The van der Waals surface area contributed by atoms with Crippen molar-refractivity contribution >= 4 is 46.1 Å². The number of carbonyl (C=O) groups is 1. The van der Waals surface area contributed by atoms with Crippen molar-refractivity contribution in [2.45, 2.75) is 32.2 Å². The fourth-order valence-corrected chi connectivity index (χ4v) is 3.70. The molecule has 1 amide bonds. The monoisotopic (exact) mass is 440 g/mol. The van der Waals surface area contributed by atoms with Gasteiger partial charge in [0.05, 0.1) is 10.4 Å². The van der Waals surface area contributed by atoms with Crippen molar-refractivity contribution in [2.24, 2.45) is 17.8 Å². The first kappa shape index (κ1) is 22.3. The summed E-state index contributed by atoms with van der Waals surface area (Å²) in [5, 5.41) is 6.01. The van der Waals surface area contributed by atoms with E-state index in [1.165, 1.54) is 17.0 Å². The number of fused-ring (bicyclic) bond motifs is 1. The van der Waals surface area contributed by atoms with Crippen LogP contribution < -0.4 is 17.0 Å². The van der Waals surface area contributed by atoms with E-state index in [0.717, 1.165) is 30.3 Å². The van der Waals surface area contributed by atoms with Crippen LogP contribution >= 0.6 is 11.6 Å². The molecule has 0 bridgehead atoms. The number of rotatable bonds is 5. The zero-order valence-corrected chi connectivity index (χ0v) is 18.3. The highest BCUT2D eigenvalue weighted by Crippen LogP contribution is 2.36. The van der Waals surface area contributed by atoms with Gasteiger partial charge in [-0.1, -0.05) is 43.3 Å². The van der Waals surface area contributed by atoms with Crippen LogP contribution in [0.4, 0.5) is 11.6 Å². The van der Waals surface area contributed by atoms with Crippen LogP contribution in [0.3, 0.4) is 0 Å². The fraction of sp³-hybridized carbons (Fsp3) is 0.273. The molecule has 0 atom stereocenters. The van der Waals surface area contributed by atoms with Crippen molar-refractivity contribution in [1.82, 2.24) is 14.3 Å². The number of nitrogens with two attached hydrogens (primary N) is 2. The normalized spacial score (nSPS) is 13.3. The molecule has 0 saturated heterocycles. The van der Waals surface area contributed by atoms with Crippen LogP contribution in [0.25, 0.3) is 10.8 Å². The van der Waals surface area contributed by atoms with Gasteiger partial charge >= 0.3 is 0 Å². The lowest BCUT2D eigenvalue weighted by molar-refractivity contribution is 0.100. The van der Waals surface area contributed by atoms with E-state index < -0.39 is 5.91 Å². The number of aliphatic imine (C=N–C) groups is 1. The summed E-state index contributed by atoms with van der Waals surface area (Å²) in [5.41, 5.74) is 11.9.